The summed E-state index contributed by atoms with van der Waals surface area (Å²) >= 11 is 0. The molecule has 0 saturated heterocycles. The van der Waals surface area contributed by atoms with E-state index in [2.05, 4.69) is 15.0 Å². The highest BCUT2D eigenvalue weighted by atomic mass is 19.4. The number of halogens is 5. The van der Waals surface area contributed by atoms with Crippen molar-refractivity contribution in [3.63, 3.8) is 0 Å². The smallest absolute Gasteiger partial charge is 0.422 e. The number of alkyl halides is 5. The van der Waals surface area contributed by atoms with Crippen molar-refractivity contribution in [3.05, 3.63) is 23.9 Å². The summed E-state index contributed by atoms with van der Waals surface area (Å²) < 4.78 is 67.0. The second kappa shape index (κ2) is 7.97. The fourth-order valence-corrected chi connectivity index (χ4v) is 2.63. The summed E-state index contributed by atoms with van der Waals surface area (Å²) in [5, 5.41) is 2.63. The molecule has 0 aliphatic heterocycles. The van der Waals surface area contributed by atoms with Crippen LogP contribution in [0.5, 0.6) is 5.88 Å². The number of pyridine rings is 1. The number of hydrogen-bond acceptors (Lipinski definition) is 3. The van der Waals surface area contributed by atoms with Crippen LogP contribution < -0.4 is 10.1 Å². The van der Waals surface area contributed by atoms with E-state index in [1.807, 2.05) is 0 Å². The van der Waals surface area contributed by atoms with Crippen LogP contribution in [0.15, 0.2) is 18.3 Å². The molecule has 1 amide bonds. The van der Waals surface area contributed by atoms with E-state index in [9.17, 15) is 26.7 Å². The standard InChI is InChI=1S/C16H19F5N2O2/c17-15(18)4-1-11(2-5-15)7-13(24)23-9-12-3-6-22-14(8-12)25-10-16(19,20)21/h3,6,8,11H,1-2,4-5,7,9-10H2,(H,23,24). The Hall–Kier alpha value is -1.93. The number of carbonyl (C=O) groups excluding carboxylic acids is 1. The molecule has 9 heteroatoms. The Labute approximate surface area is 141 Å². The summed E-state index contributed by atoms with van der Waals surface area (Å²) in [5.41, 5.74) is 0.538. The number of nitrogens with zero attached hydrogens (tertiary/aromatic N) is 1. The van der Waals surface area contributed by atoms with E-state index in [1.165, 1.54) is 12.3 Å². The van der Waals surface area contributed by atoms with Crippen molar-refractivity contribution in [2.45, 2.75) is 50.7 Å². The first-order valence-electron chi connectivity index (χ1n) is 7.92. The van der Waals surface area contributed by atoms with Crippen LogP contribution in [0.1, 0.15) is 37.7 Å². The molecular formula is C16H19F5N2O2. The van der Waals surface area contributed by atoms with Gasteiger partial charge in [-0.05, 0) is 30.4 Å². The van der Waals surface area contributed by atoms with Crippen LogP contribution in [0, 0.1) is 5.92 Å². The van der Waals surface area contributed by atoms with Gasteiger partial charge < -0.3 is 10.1 Å². The van der Waals surface area contributed by atoms with Gasteiger partial charge >= 0.3 is 6.18 Å². The molecule has 0 aromatic carbocycles. The second-order valence-corrected chi connectivity index (χ2v) is 6.19. The van der Waals surface area contributed by atoms with Crippen LogP contribution in [-0.4, -0.2) is 29.6 Å². The first-order chi connectivity index (χ1) is 11.6. The van der Waals surface area contributed by atoms with Gasteiger partial charge in [0.05, 0.1) is 0 Å². The molecule has 1 aromatic rings. The highest BCUT2D eigenvalue weighted by Gasteiger charge is 2.35. The molecule has 0 radical (unpaired) electrons. The molecule has 1 aromatic heterocycles. The number of rotatable bonds is 6. The molecule has 0 spiro atoms. The summed E-state index contributed by atoms with van der Waals surface area (Å²) in [4.78, 5) is 15.6. The Bertz CT molecular complexity index is 582. The van der Waals surface area contributed by atoms with E-state index < -0.39 is 18.7 Å². The minimum absolute atomic E-state index is 0.0669. The van der Waals surface area contributed by atoms with E-state index in [0.29, 0.717) is 18.4 Å². The predicted molar refractivity (Wildman–Crippen MR) is 79.2 cm³/mol. The lowest BCUT2D eigenvalue weighted by atomic mass is 9.84. The third-order valence-corrected chi connectivity index (χ3v) is 3.98. The van der Waals surface area contributed by atoms with Crippen molar-refractivity contribution >= 4 is 5.91 Å². The van der Waals surface area contributed by atoms with E-state index >= 15 is 0 Å². The number of carbonyl (C=O) groups is 1. The molecule has 2 rings (SSSR count). The first kappa shape index (κ1) is 19.4. The zero-order valence-corrected chi connectivity index (χ0v) is 13.4. The Morgan fingerprint density at radius 2 is 2.00 bits per heavy atom. The largest absolute Gasteiger partial charge is 0.468 e. The quantitative estimate of drug-likeness (QED) is 0.778. The maximum Gasteiger partial charge on any atom is 0.422 e. The van der Waals surface area contributed by atoms with E-state index in [1.54, 1.807) is 6.07 Å². The minimum Gasteiger partial charge on any atom is -0.468 e. The van der Waals surface area contributed by atoms with Gasteiger partial charge in [-0.25, -0.2) is 13.8 Å². The second-order valence-electron chi connectivity index (χ2n) is 6.19. The monoisotopic (exact) mass is 366 g/mol. The van der Waals surface area contributed by atoms with Gasteiger partial charge in [0.25, 0.3) is 0 Å². The summed E-state index contributed by atoms with van der Waals surface area (Å²) in [6.45, 7) is -1.34. The average Bonchev–Trinajstić information content (AvgIpc) is 2.53. The first-order valence-corrected chi connectivity index (χ1v) is 7.92. The molecule has 25 heavy (non-hydrogen) atoms. The number of aromatic nitrogens is 1. The van der Waals surface area contributed by atoms with Gasteiger partial charge in [-0.3, -0.25) is 4.79 Å². The van der Waals surface area contributed by atoms with Crippen LogP contribution in [-0.2, 0) is 11.3 Å². The van der Waals surface area contributed by atoms with Gasteiger partial charge in [-0.15, -0.1) is 0 Å². The molecule has 0 bridgehead atoms. The number of hydrogen-bond donors (Lipinski definition) is 1. The maximum atomic E-state index is 13.1. The Morgan fingerprint density at radius 3 is 2.64 bits per heavy atom. The lowest BCUT2D eigenvalue weighted by molar-refractivity contribution is -0.154. The molecule has 1 aliphatic carbocycles. The molecule has 1 fully saturated rings. The van der Waals surface area contributed by atoms with Crippen LogP contribution in [0.25, 0.3) is 0 Å². The molecule has 1 saturated carbocycles. The van der Waals surface area contributed by atoms with Crippen molar-refractivity contribution in [2.75, 3.05) is 6.61 Å². The summed E-state index contributed by atoms with van der Waals surface area (Å²) in [5.74, 6) is -3.15. The van der Waals surface area contributed by atoms with Crippen molar-refractivity contribution in [3.8, 4) is 5.88 Å². The summed E-state index contributed by atoms with van der Waals surface area (Å²) in [7, 11) is 0. The molecule has 0 atom stereocenters. The van der Waals surface area contributed by atoms with Gasteiger partial charge in [0, 0.05) is 38.1 Å². The number of nitrogens with one attached hydrogen (secondary N) is 1. The minimum atomic E-state index is -4.46. The van der Waals surface area contributed by atoms with Crippen molar-refractivity contribution < 1.29 is 31.5 Å². The summed E-state index contributed by atoms with van der Waals surface area (Å²) in [6, 6.07) is 2.86. The van der Waals surface area contributed by atoms with Gasteiger partial charge in [-0.2, -0.15) is 13.2 Å². The lowest BCUT2D eigenvalue weighted by Crippen LogP contribution is -2.29. The van der Waals surface area contributed by atoms with Crippen LogP contribution in [0.4, 0.5) is 22.0 Å². The number of amides is 1. The SMILES string of the molecule is O=C(CC1CCC(F)(F)CC1)NCc1ccnc(OCC(F)(F)F)c1. The molecule has 1 N–H and O–H groups in total. The summed E-state index contributed by atoms with van der Waals surface area (Å²) in [6.07, 6.45) is -2.78. The van der Waals surface area contributed by atoms with E-state index in [4.69, 9.17) is 0 Å². The normalized spacial score (nSPS) is 18.0. The molecule has 4 nitrogen and oxygen atoms in total. The lowest BCUT2D eigenvalue weighted by Gasteiger charge is -2.27. The van der Waals surface area contributed by atoms with Crippen molar-refractivity contribution in [1.29, 1.82) is 0 Å². The van der Waals surface area contributed by atoms with E-state index in [0.717, 1.165) is 0 Å². The van der Waals surface area contributed by atoms with Gasteiger partial charge in [0.2, 0.25) is 17.7 Å². The van der Waals surface area contributed by atoms with Crippen molar-refractivity contribution in [1.82, 2.24) is 10.3 Å². The fourth-order valence-electron chi connectivity index (χ4n) is 2.63. The van der Waals surface area contributed by atoms with Crippen LogP contribution in [0.2, 0.25) is 0 Å². The maximum absolute atomic E-state index is 13.1. The number of ether oxygens (including phenoxy) is 1. The molecule has 140 valence electrons. The van der Waals surface area contributed by atoms with Crippen LogP contribution in [0.3, 0.4) is 0 Å². The highest BCUT2D eigenvalue weighted by Crippen LogP contribution is 2.37. The van der Waals surface area contributed by atoms with Gasteiger partial charge in [-0.1, -0.05) is 0 Å². The zero-order valence-electron chi connectivity index (χ0n) is 13.4. The molecule has 1 aliphatic rings. The van der Waals surface area contributed by atoms with Crippen molar-refractivity contribution in [2.24, 2.45) is 5.92 Å². The Balaban J connectivity index is 1.76. The van der Waals surface area contributed by atoms with Gasteiger partial charge in [0.15, 0.2) is 6.61 Å². The van der Waals surface area contributed by atoms with Gasteiger partial charge in [0.1, 0.15) is 0 Å². The molecule has 1 heterocycles. The molecular weight excluding hydrogens is 347 g/mol. The third kappa shape index (κ3) is 7.23. The zero-order chi connectivity index (χ0) is 18.5. The average molecular weight is 366 g/mol. The predicted octanol–water partition coefficient (Wildman–Crippen LogP) is 3.85. The topological polar surface area (TPSA) is 51.2 Å². The van der Waals surface area contributed by atoms with E-state index in [-0.39, 0.29) is 43.5 Å². The van der Waals surface area contributed by atoms with Crippen LogP contribution >= 0.6 is 0 Å². The fraction of sp³-hybridized carbons (Fsp3) is 0.625. The Morgan fingerprint density at radius 1 is 1.32 bits per heavy atom. The Kier molecular flexibility index (Phi) is 6.18. The third-order valence-electron chi connectivity index (χ3n) is 3.98. The highest BCUT2D eigenvalue weighted by molar-refractivity contribution is 5.76. The molecule has 0 unspecified atom stereocenters.